The van der Waals surface area contributed by atoms with E-state index in [1.807, 2.05) is 12.3 Å². The maximum absolute atomic E-state index is 6.33. The monoisotopic (exact) mass is 434 g/mol. The first kappa shape index (κ1) is 18.6. The summed E-state index contributed by atoms with van der Waals surface area (Å²) < 4.78 is 7.57. The van der Waals surface area contributed by atoms with Crippen molar-refractivity contribution in [3.05, 3.63) is 50.9 Å². The molecule has 4 rings (SSSR count). The predicted octanol–water partition coefficient (Wildman–Crippen LogP) is 5.45. The van der Waals surface area contributed by atoms with Crippen LogP contribution in [0.3, 0.4) is 0 Å². The van der Waals surface area contributed by atoms with Crippen LogP contribution in [-0.2, 0) is 16.7 Å². The van der Waals surface area contributed by atoms with Crippen LogP contribution in [0.2, 0.25) is 0 Å². The van der Waals surface area contributed by atoms with Gasteiger partial charge in [-0.2, -0.15) is 0 Å². The van der Waals surface area contributed by atoms with E-state index >= 15 is 0 Å². The molecule has 2 aromatic rings. The molecular formula is C21H27BrN2OS. The van der Waals surface area contributed by atoms with Crippen molar-refractivity contribution in [1.29, 1.82) is 0 Å². The van der Waals surface area contributed by atoms with E-state index in [2.05, 4.69) is 44.8 Å². The van der Waals surface area contributed by atoms with Gasteiger partial charge in [0.05, 0.1) is 9.39 Å². The van der Waals surface area contributed by atoms with Crippen LogP contribution in [0.5, 0.6) is 0 Å². The van der Waals surface area contributed by atoms with Gasteiger partial charge in [0.1, 0.15) is 0 Å². The van der Waals surface area contributed by atoms with E-state index in [1.165, 1.54) is 40.7 Å². The Kier molecular flexibility index (Phi) is 5.79. The summed E-state index contributed by atoms with van der Waals surface area (Å²) >= 11 is 5.38. The topological polar surface area (TPSA) is 34.2 Å². The summed E-state index contributed by atoms with van der Waals surface area (Å²) in [5, 5.41) is 5.80. The Morgan fingerprint density at radius 1 is 1.19 bits per heavy atom. The fourth-order valence-corrected chi connectivity index (χ4v) is 6.03. The Morgan fingerprint density at radius 3 is 2.81 bits per heavy atom. The number of hydrogen-bond donors (Lipinski definition) is 1. The van der Waals surface area contributed by atoms with Crippen molar-refractivity contribution in [2.24, 2.45) is 0 Å². The highest BCUT2D eigenvalue weighted by Crippen LogP contribution is 2.49. The number of thiophene rings is 1. The third-order valence-corrected chi connectivity index (χ3v) is 7.97. The Hall–Kier alpha value is -0.750. The second kappa shape index (κ2) is 8.09. The third-order valence-electron chi connectivity index (χ3n) is 6.16. The molecule has 2 aromatic heterocycles. The molecule has 140 valence electrons. The molecule has 1 atom stereocenters. The van der Waals surface area contributed by atoms with Gasteiger partial charge in [0.25, 0.3) is 0 Å². The number of aromatic nitrogens is 1. The van der Waals surface area contributed by atoms with Crippen LogP contribution in [0.1, 0.15) is 56.2 Å². The highest BCUT2D eigenvalue weighted by molar-refractivity contribution is 9.11. The molecule has 0 radical (unpaired) electrons. The zero-order valence-corrected chi connectivity index (χ0v) is 17.6. The zero-order valence-electron chi connectivity index (χ0n) is 15.2. The van der Waals surface area contributed by atoms with E-state index in [1.54, 1.807) is 11.3 Å². The molecule has 0 aromatic carbocycles. The molecule has 0 bridgehead atoms. The van der Waals surface area contributed by atoms with Crippen molar-refractivity contribution in [1.82, 2.24) is 10.3 Å². The van der Waals surface area contributed by atoms with Gasteiger partial charge in [-0.25, -0.2) is 0 Å². The van der Waals surface area contributed by atoms with Gasteiger partial charge in [-0.05, 0) is 83.7 Å². The summed E-state index contributed by atoms with van der Waals surface area (Å²) in [6.45, 7) is 2.80. The van der Waals surface area contributed by atoms with Gasteiger partial charge in [-0.1, -0.05) is 18.9 Å². The first-order chi connectivity index (χ1) is 12.7. The van der Waals surface area contributed by atoms with Gasteiger partial charge in [-0.15, -0.1) is 11.3 Å². The number of pyridine rings is 1. The van der Waals surface area contributed by atoms with Gasteiger partial charge in [-0.3, -0.25) is 4.98 Å². The van der Waals surface area contributed by atoms with Crippen molar-refractivity contribution in [3.63, 3.8) is 0 Å². The molecule has 1 N–H and O–H groups in total. The second-order valence-corrected chi connectivity index (χ2v) is 10.0. The maximum atomic E-state index is 6.33. The van der Waals surface area contributed by atoms with Crippen LogP contribution in [-0.4, -0.2) is 23.7 Å². The standard InChI is InChI=1S/C21H27BrN2OS/c22-19-17(6-14-26-19)15-23-12-9-20(18-5-1-4-11-24-18)10-13-25-21(16-20)7-2-3-8-21/h1,4-6,11,14,23H,2-3,7-10,12-13,15-16H2/t20-/m1/s1. The minimum absolute atomic E-state index is 0.103. The summed E-state index contributed by atoms with van der Waals surface area (Å²) in [5.74, 6) is 0. The van der Waals surface area contributed by atoms with E-state index in [9.17, 15) is 0 Å². The largest absolute Gasteiger partial charge is 0.375 e. The zero-order chi connectivity index (χ0) is 17.9. The third kappa shape index (κ3) is 3.91. The summed E-state index contributed by atoms with van der Waals surface area (Å²) in [7, 11) is 0. The fourth-order valence-electron chi connectivity index (χ4n) is 4.79. The summed E-state index contributed by atoms with van der Waals surface area (Å²) in [6.07, 6.45) is 10.3. The van der Waals surface area contributed by atoms with Crippen LogP contribution in [0.15, 0.2) is 39.6 Å². The molecule has 5 heteroatoms. The minimum Gasteiger partial charge on any atom is -0.375 e. The Morgan fingerprint density at radius 2 is 2.08 bits per heavy atom. The highest BCUT2D eigenvalue weighted by Gasteiger charge is 2.48. The number of rotatable bonds is 6. The molecule has 1 aliphatic heterocycles. The number of ether oxygens (including phenoxy) is 1. The van der Waals surface area contributed by atoms with Crippen LogP contribution in [0, 0.1) is 0 Å². The lowest BCUT2D eigenvalue weighted by Crippen LogP contribution is -2.47. The van der Waals surface area contributed by atoms with E-state index < -0.39 is 0 Å². The van der Waals surface area contributed by atoms with Crippen LogP contribution in [0.25, 0.3) is 0 Å². The first-order valence-corrected chi connectivity index (χ1v) is 11.4. The summed E-state index contributed by atoms with van der Waals surface area (Å²) in [4.78, 5) is 4.78. The van der Waals surface area contributed by atoms with Crippen molar-refractivity contribution in [3.8, 4) is 0 Å². The normalized spacial score (nSPS) is 25.0. The van der Waals surface area contributed by atoms with Crippen molar-refractivity contribution >= 4 is 27.3 Å². The predicted molar refractivity (Wildman–Crippen MR) is 111 cm³/mol. The molecule has 3 nitrogen and oxygen atoms in total. The number of nitrogens with one attached hydrogen (secondary N) is 1. The highest BCUT2D eigenvalue weighted by atomic mass is 79.9. The molecule has 2 aliphatic rings. The first-order valence-electron chi connectivity index (χ1n) is 9.70. The van der Waals surface area contributed by atoms with Gasteiger partial charge in [0.15, 0.2) is 0 Å². The van der Waals surface area contributed by atoms with E-state index in [0.29, 0.717) is 0 Å². The van der Waals surface area contributed by atoms with Crippen molar-refractivity contribution in [2.45, 2.75) is 62.5 Å². The lowest BCUT2D eigenvalue weighted by Gasteiger charge is -2.46. The van der Waals surface area contributed by atoms with E-state index in [-0.39, 0.29) is 11.0 Å². The van der Waals surface area contributed by atoms with Gasteiger partial charge < -0.3 is 10.1 Å². The van der Waals surface area contributed by atoms with Crippen LogP contribution < -0.4 is 5.32 Å². The molecule has 0 amide bonds. The Labute approximate surface area is 168 Å². The molecule has 2 fully saturated rings. The van der Waals surface area contributed by atoms with Crippen molar-refractivity contribution < 1.29 is 4.74 Å². The molecule has 3 heterocycles. The lowest BCUT2D eigenvalue weighted by molar-refractivity contribution is -0.104. The van der Waals surface area contributed by atoms with Gasteiger partial charge >= 0.3 is 0 Å². The molecule has 1 aliphatic carbocycles. The quantitative estimate of drug-likeness (QED) is 0.613. The average molecular weight is 435 g/mol. The maximum Gasteiger partial charge on any atom is 0.0743 e. The second-order valence-electron chi connectivity index (χ2n) is 7.81. The van der Waals surface area contributed by atoms with Gasteiger partial charge in [0.2, 0.25) is 0 Å². The van der Waals surface area contributed by atoms with Gasteiger partial charge in [0, 0.05) is 30.5 Å². The summed E-state index contributed by atoms with van der Waals surface area (Å²) in [5.41, 5.74) is 2.85. The smallest absolute Gasteiger partial charge is 0.0743 e. The van der Waals surface area contributed by atoms with Crippen LogP contribution >= 0.6 is 27.3 Å². The molecule has 1 saturated carbocycles. The number of nitrogens with zero attached hydrogens (tertiary/aromatic N) is 1. The number of hydrogen-bond acceptors (Lipinski definition) is 4. The molecule has 1 saturated heterocycles. The minimum atomic E-state index is 0.103. The van der Waals surface area contributed by atoms with E-state index in [4.69, 9.17) is 9.72 Å². The fraction of sp³-hybridized carbons (Fsp3) is 0.571. The van der Waals surface area contributed by atoms with E-state index in [0.717, 1.165) is 39.0 Å². The Balaban J connectivity index is 1.47. The number of halogens is 1. The average Bonchev–Trinajstić information content (AvgIpc) is 3.29. The van der Waals surface area contributed by atoms with Crippen molar-refractivity contribution in [2.75, 3.05) is 13.2 Å². The molecule has 1 spiro atoms. The molecule has 0 unspecified atom stereocenters. The lowest BCUT2D eigenvalue weighted by atomic mass is 9.68. The molecular weight excluding hydrogens is 408 g/mol. The SMILES string of the molecule is Brc1sccc1CNCC[C@@]1(c2ccccn2)CCOC2(CCCC2)C1. The molecule has 26 heavy (non-hydrogen) atoms. The summed E-state index contributed by atoms with van der Waals surface area (Å²) in [6, 6.07) is 8.58. The Bertz CT molecular complexity index is 714. The van der Waals surface area contributed by atoms with Crippen LogP contribution in [0.4, 0.5) is 0 Å².